The highest BCUT2D eigenvalue weighted by atomic mass is 35.5. The molecule has 0 aliphatic heterocycles. The number of halogens is 2. The van der Waals surface area contributed by atoms with E-state index in [2.05, 4.69) is 20.3 Å². The van der Waals surface area contributed by atoms with Crippen LogP contribution in [-0.4, -0.2) is 26.6 Å². The fourth-order valence-electron chi connectivity index (χ4n) is 2.46. The van der Waals surface area contributed by atoms with E-state index >= 15 is 0 Å². The fraction of sp³-hybridized carbons (Fsp3) is 0.211. The van der Waals surface area contributed by atoms with E-state index in [9.17, 15) is 14.3 Å². The predicted octanol–water partition coefficient (Wildman–Crippen LogP) is 3.39. The van der Waals surface area contributed by atoms with Gasteiger partial charge in [-0.15, -0.1) is 0 Å². The summed E-state index contributed by atoms with van der Waals surface area (Å²) < 4.78 is 13.5. The van der Waals surface area contributed by atoms with Crippen LogP contribution in [0.1, 0.15) is 22.9 Å². The lowest BCUT2D eigenvalue weighted by Gasteiger charge is -2.13. The minimum atomic E-state index is -0.920. The van der Waals surface area contributed by atoms with Crippen molar-refractivity contribution < 1.29 is 9.50 Å². The summed E-state index contributed by atoms with van der Waals surface area (Å²) in [5.74, 6) is 0.391. The molecule has 1 atom stereocenters. The first-order chi connectivity index (χ1) is 12.8. The molecule has 0 fully saturated rings. The first-order valence-electron chi connectivity index (χ1n) is 8.26. The molecule has 27 heavy (non-hydrogen) atoms. The summed E-state index contributed by atoms with van der Waals surface area (Å²) >= 11 is 5.64. The number of hydrogen-bond acceptors (Lipinski definition) is 5. The summed E-state index contributed by atoms with van der Waals surface area (Å²) in [6, 6.07) is 7.64. The summed E-state index contributed by atoms with van der Waals surface area (Å²) in [6.07, 6.45) is 0.653. The fourth-order valence-corrected chi connectivity index (χ4v) is 2.58. The molecule has 8 heteroatoms. The Bertz CT molecular complexity index is 1020. The van der Waals surface area contributed by atoms with E-state index in [1.54, 1.807) is 38.2 Å². The van der Waals surface area contributed by atoms with Crippen LogP contribution >= 0.6 is 11.6 Å². The minimum absolute atomic E-state index is 0.00848. The SMILES string of the molecule is Cc1nc(-c2ccc(NCC(O)c3ccc(Cl)c(F)c3)nc2)[nH]c(=O)c1C. The van der Waals surface area contributed by atoms with E-state index in [-0.39, 0.29) is 17.1 Å². The zero-order valence-electron chi connectivity index (χ0n) is 14.8. The molecule has 3 rings (SSSR count). The summed E-state index contributed by atoms with van der Waals surface area (Å²) in [6.45, 7) is 3.64. The van der Waals surface area contributed by atoms with Crippen LogP contribution < -0.4 is 10.9 Å². The lowest BCUT2D eigenvalue weighted by atomic mass is 10.1. The summed E-state index contributed by atoms with van der Waals surface area (Å²) in [5.41, 5.74) is 2.14. The van der Waals surface area contributed by atoms with Crippen LogP contribution in [0.4, 0.5) is 10.2 Å². The number of aromatic amines is 1. The number of pyridine rings is 1. The maximum absolute atomic E-state index is 13.5. The van der Waals surface area contributed by atoms with Crippen LogP contribution in [0.3, 0.4) is 0 Å². The van der Waals surface area contributed by atoms with Gasteiger partial charge in [-0.1, -0.05) is 17.7 Å². The number of aliphatic hydroxyl groups excluding tert-OH is 1. The van der Waals surface area contributed by atoms with Crippen molar-refractivity contribution in [3.05, 3.63) is 74.5 Å². The Kier molecular flexibility index (Phi) is 5.53. The molecule has 2 aromatic heterocycles. The van der Waals surface area contributed by atoms with Gasteiger partial charge in [-0.25, -0.2) is 14.4 Å². The molecule has 0 bridgehead atoms. The Morgan fingerprint density at radius 3 is 2.70 bits per heavy atom. The van der Waals surface area contributed by atoms with Gasteiger partial charge in [-0.05, 0) is 43.7 Å². The van der Waals surface area contributed by atoms with Crippen molar-refractivity contribution in [3.8, 4) is 11.4 Å². The van der Waals surface area contributed by atoms with Crippen molar-refractivity contribution in [2.24, 2.45) is 0 Å². The molecular formula is C19H18ClFN4O2. The van der Waals surface area contributed by atoms with Crippen LogP contribution in [0, 0.1) is 19.7 Å². The highest BCUT2D eigenvalue weighted by Crippen LogP contribution is 2.21. The monoisotopic (exact) mass is 388 g/mol. The molecular weight excluding hydrogens is 371 g/mol. The standard InChI is InChI=1S/C19H18ClFN4O2/c1-10-11(2)24-18(25-19(10)27)13-4-6-17(22-8-13)23-9-16(26)12-3-5-14(20)15(21)7-12/h3-8,16,26H,9H2,1-2H3,(H,22,23)(H,24,25,27). The Morgan fingerprint density at radius 1 is 1.30 bits per heavy atom. The second-order valence-corrected chi connectivity index (χ2v) is 6.53. The largest absolute Gasteiger partial charge is 0.387 e. The van der Waals surface area contributed by atoms with Crippen molar-refractivity contribution >= 4 is 17.4 Å². The van der Waals surface area contributed by atoms with Crippen molar-refractivity contribution in [2.75, 3.05) is 11.9 Å². The third-order valence-electron chi connectivity index (χ3n) is 4.24. The normalized spacial score (nSPS) is 12.0. The Morgan fingerprint density at radius 2 is 2.07 bits per heavy atom. The lowest BCUT2D eigenvalue weighted by Crippen LogP contribution is -2.15. The highest BCUT2D eigenvalue weighted by molar-refractivity contribution is 6.30. The van der Waals surface area contributed by atoms with Crippen molar-refractivity contribution in [1.29, 1.82) is 0 Å². The molecule has 0 aliphatic carbocycles. The third kappa shape index (κ3) is 4.32. The number of aryl methyl sites for hydroxylation is 1. The number of benzene rings is 1. The van der Waals surface area contributed by atoms with Crippen LogP contribution in [0.2, 0.25) is 5.02 Å². The Labute approximate surface area is 160 Å². The van der Waals surface area contributed by atoms with Gasteiger partial charge < -0.3 is 15.4 Å². The van der Waals surface area contributed by atoms with Gasteiger partial charge in [0.15, 0.2) is 0 Å². The van der Waals surface area contributed by atoms with Crippen molar-refractivity contribution in [1.82, 2.24) is 15.0 Å². The number of aromatic nitrogens is 3. The van der Waals surface area contributed by atoms with Gasteiger partial charge in [0.2, 0.25) is 0 Å². The topological polar surface area (TPSA) is 90.9 Å². The van der Waals surface area contributed by atoms with Gasteiger partial charge in [0, 0.05) is 29.6 Å². The number of H-pyrrole nitrogens is 1. The zero-order chi connectivity index (χ0) is 19.6. The highest BCUT2D eigenvalue weighted by Gasteiger charge is 2.11. The molecule has 6 nitrogen and oxygen atoms in total. The smallest absolute Gasteiger partial charge is 0.254 e. The van der Waals surface area contributed by atoms with Crippen molar-refractivity contribution in [3.63, 3.8) is 0 Å². The van der Waals surface area contributed by atoms with Gasteiger partial charge in [0.05, 0.1) is 11.1 Å². The lowest BCUT2D eigenvalue weighted by molar-refractivity contribution is 0.191. The molecule has 3 aromatic rings. The molecule has 140 valence electrons. The molecule has 2 heterocycles. The van der Waals surface area contributed by atoms with E-state index in [0.29, 0.717) is 34.0 Å². The quantitative estimate of drug-likeness (QED) is 0.623. The number of aliphatic hydroxyl groups is 1. The molecule has 0 amide bonds. The molecule has 0 saturated heterocycles. The van der Waals surface area contributed by atoms with Gasteiger partial charge in [0.25, 0.3) is 5.56 Å². The zero-order valence-corrected chi connectivity index (χ0v) is 15.5. The van der Waals surface area contributed by atoms with Gasteiger partial charge in [0.1, 0.15) is 17.5 Å². The predicted molar refractivity (Wildman–Crippen MR) is 102 cm³/mol. The number of rotatable bonds is 5. The minimum Gasteiger partial charge on any atom is -0.387 e. The average molecular weight is 389 g/mol. The summed E-state index contributed by atoms with van der Waals surface area (Å²) in [5, 5.41) is 13.2. The second kappa shape index (κ2) is 7.85. The van der Waals surface area contributed by atoms with Crippen molar-refractivity contribution in [2.45, 2.75) is 20.0 Å². The van der Waals surface area contributed by atoms with Crippen LogP contribution in [0.15, 0.2) is 41.3 Å². The molecule has 0 spiro atoms. The summed E-state index contributed by atoms with van der Waals surface area (Å²) in [4.78, 5) is 23.2. The van der Waals surface area contributed by atoms with E-state index in [1.165, 1.54) is 12.1 Å². The second-order valence-electron chi connectivity index (χ2n) is 6.13. The third-order valence-corrected chi connectivity index (χ3v) is 4.54. The summed E-state index contributed by atoms with van der Waals surface area (Å²) in [7, 11) is 0. The molecule has 0 radical (unpaired) electrons. The number of nitrogens with one attached hydrogen (secondary N) is 2. The molecule has 1 unspecified atom stereocenters. The maximum atomic E-state index is 13.5. The van der Waals surface area contributed by atoms with Crippen LogP contribution in [0.5, 0.6) is 0 Å². The Hall–Kier alpha value is -2.77. The first-order valence-corrected chi connectivity index (χ1v) is 8.64. The first kappa shape index (κ1) is 19.0. The van der Waals surface area contributed by atoms with Crippen LogP contribution in [-0.2, 0) is 0 Å². The van der Waals surface area contributed by atoms with Gasteiger partial charge in [-0.2, -0.15) is 0 Å². The average Bonchev–Trinajstić information content (AvgIpc) is 2.66. The van der Waals surface area contributed by atoms with Crippen LogP contribution in [0.25, 0.3) is 11.4 Å². The molecule has 3 N–H and O–H groups in total. The number of hydrogen-bond donors (Lipinski definition) is 3. The maximum Gasteiger partial charge on any atom is 0.254 e. The number of anilines is 1. The Balaban J connectivity index is 1.69. The molecule has 0 aliphatic rings. The number of nitrogens with zero attached hydrogens (tertiary/aromatic N) is 2. The van der Waals surface area contributed by atoms with E-state index in [1.807, 2.05) is 0 Å². The van der Waals surface area contributed by atoms with E-state index in [4.69, 9.17) is 11.6 Å². The van der Waals surface area contributed by atoms with Gasteiger partial charge in [-0.3, -0.25) is 4.79 Å². The van der Waals surface area contributed by atoms with E-state index < -0.39 is 11.9 Å². The van der Waals surface area contributed by atoms with Gasteiger partial charge >= 0.3 is 0 Å². The molecule has 0 saturated carbocycles. The van der Waals surface area contributed by atoms with E-state index in [0.717, 1.165) is 0 Å². The molecule has 1 aromatic carbocycles.